The van der Waals surface area contributed by atoms with Crippen LogP contribution in [0.3, 0.4) is 0 Å². The maximum absolute atomic E-state index is 9.30. The molecule has 0 spiro atoms. The maximum atomic E-state index is 9.30. The zero-order chi connectivity index (χ0) is 14.4. The third-order valence-corrected chi connectivity index (χ3v) is 2.90. The van der Waals surface area contributed by atoms with Crippen LogP contribution in [-0.4, -0.2) is 29.3 Å². The maximum Gasteiger partial charge on any atom is 0.225 e. The Morgan fingerprint density at radius 3 is 2.35 bits per heavy atom. The van der Waals surface area contributed by atoms with Gasteiger partial charge in [0.2, 0.25) is 11.8 Å². The van der Waals surface area contributed by atoms with Crippen LogP contribution in [0, 0.1) is 0 Å². The average molecular weight is 275 g/mol. The van der Waals surface area contributed by atoms with Gasteiger partial charge in [-0.1, -0.05) is 18.2 Å². The molecule has 0 unspecified atom stereocenters. The molecule has 6 nitrogen and oxygen atoms in total. The molecule has 0 fully saturated rings. The normalized spacial score (nSPS) is 10.2. The first-order chi connectivity index (χ1) is 9.80. The minimum atomic E-state index is -0.0251. The Hall–Kier alpha value is -2.34. The molecule has 0 aliphatic heterocycles. The zero-order valence-corrected chi connectivity index (χ0v) is 11.5. The Labute approximate surface area is 117 Å². The Morgan fingerprint density at radius 2 is 1.75 bits per heavy atom. The minimum Gasteiger partial charge on any atom is -0.481 e. The largest absolute Gasteiger partial charge is 0.481 e. The van der Waals surface area contributed by atoms with Gasteiger partial charge >= 0.3 is 0 Å². The van der Waals surface area contributed by atoms with Crippen molar-refractivity contribution in [3.05, 3.63) is 41.7 Å². The highest BCUT2D eigenvalue weighted by atomic mass is 16.5. The minimum absolute atomic E-state index is 0.0251. The molecule has 1 heterocycles. The highest BCUT2D eigenvalue weighted by Crippen LogP contribution is 2.25. The van der Waals surface area contributed by atoms with E-state index in [1.165, 1.54) is 6.33 Å². The number of anilines is 1. The quantitative estimate of drug-likeness (QED) is 0.834. The molecule has 0 aliphatic carbocycles. The van der Waals surface area contributed by atoms with Gasteiger partial charge in [-0.15, -0.1) is 0 Å². The van der Waals surface area contributed by atoms with Crippen LogP contribution in [0.15, 0.2) is 30.6 Å². The SMILES string of the molecule is COc1ncnc(OC)c1CNc1ccccc1CO. The zero-order valence-electron chi connectivity index (χ0n) is 11.5. The number of hydrogen-bond donors (Lipinski definition) is 2. The molecule has 1 aromatic heterocycles. The topological polar surface area (TPSA) is 76.5 Å². The van der Waals surface area contributed by atoms with E-state index in [1.54, 1.807) is 14.2 Å². The van der Waals surface area contributed by atoms with E-state index in [1.807, 2.05) is 24.3 Å². The van der Waals surface area contributed by atoms with Gasteiger partial charge in [-0.25, -0.2) is 9.97 Å². The molecule has 2 rings (SSSR count). The molecule has 106 valence electrons. The first-order valence-electron chi connectivity index (χ1n) is 6.14. The van der Waals surface area contributed by atoms with Crippen molar-refractivity contribution in [1.29, 1.82) is 0 Å². The van der Waals surface area contributed by atoms with E-state index in [0.29, 0.717) is 18.3 Å². The van der Waals surface area contributed by atoms with Crippen molar-refractivity contribution in [1.82, 2.24) is 9.97 Å². The van der Waals surface area contributed by atoms with Gasteiger partial charge < -0.3 is 19.9 Å². The molecule has 2 aromatic rings. The number of nitrogens with zero attached hydrogens (tertiary/aromatic N) is 2. The number of benzene rings is 1. The molecule has 0 saturated heterocycles. The summed E-state index contributed by atoms with van der Waals surface area (Å²) in [6, 6.07) is 7.54. The van der Waals surface area contributed by atoms with E-state index in [9.17, 15) is 5.11 Å². The number of ether oxygens (including phenoxy) is 2. The molecule has 2 N–H and O–H groups in total. The van der Waals surface area contributed by atoms with E-state index >= 15 is 0 Å². The van der Waals surface area contributed by atoms with Crippen LogP contribution in [-0.2, 0) is 13.2 Å². The third-order valence-electron chi connectivity index (χ3n) is 2.90. The first-order valence-corrected chi connectivity index (χ1v) is 6.14. The summed E-state index contributed by atoms with van der Waals surface area (Å²) in [4.78, 5) is 8.12. The highest BCUT2D eigenvalue weighted by Gasteiger charge is 2.13. The van der Waals surface area contributed by atoms with Crippen LogP contribution < -0.4 is 14.8 Å². The van der Waals surface area contributed by atoms with Gasteiger partial charge in [-0.2, -0.15) is 0 Å². The molecular formula is C14H17N3O3. The van der Waals surface area contributed by atoms with Gasteiger partial charge in [0.1, 0.15) is 6.33 Å². The number of nitrogens with one attached hydrogen (secondary N) is 1. The number of rotatable bonds is 6. The Balaban J connectivity index is 2.22. The number of aliphatic hydroxyl groups is 1. The number of para-hydroxylation sites is 1. The van der Waals surface area contributed by atoms with E-state index in [0.717, 1.165) is 16.8 Å². The molecule has 0 bridgehead atoms. The fourth-order valence-corrected chi connectivity index (χ4v) is 1.90. The molecular weight excluding hydrogens is 258 g/mol. The van der Waals surface area contributed by atoms with Gasteiger partial charge in [0.05, 0.1) is 32.9 Å². The second-order valence-corrected chi connectivity index (χ2v) is 4.04. The second-order valence-electron chi connectivity index (χ2n) is 4.04. The summed E-state index contributed by atoms with van der Waals surface area (Å²) < 4.78 is 10.4. The monoisotopic (exact) mass is 275 g/mol. The van der Waals surface area contributed by atoms with Crippen LogP contribution in [0.1, 0.15) is 11.1 Å². The average Bonchev–Trinajstić information content (AvgIpc) is 2.52. The molecule has 0 amide bonds. The Morgan fingerprint density at radius 1 is 1.10 bits per heavy atom. The lowest BCUT2D eigenvalue weighted by atomic mass is 10.2. The fraction of sp³-hybridized carbons (Fsp3) is 0.286. The molecule has 20 heavy (non-hydrogen) atoms. The van der Waals surface area contributed by atoms with Crippen LogP contribution >= 0.6 is 0 Å². The smallest absolute Gasteiger partial charge is 0.225 e. The molecule has 6 heteroatoms. The van der Waals surface area contributed by atoms with Crippen molar-refractivity contribution in [2.24, 2.45) is 0 Å². The molecule has 0 radical (unpaired) electrons. The van der Waals surface area contributed by atoms with Gasteiger partial charge in [-0.05, 0) is 6.07 Å². The van der Waals surface area contributed by atoms with Crippen molar-refractivity contribution in [2.75, 3.05) is 19.5 Å². The van der Waals surface area contributed by atoms with Crippen molar-refractivity contribution < 1.29 is 14.6 Å². The van der Waals surface area contributed by atoms with Crippen molar-refractivity contribution in [3.8, 4) is 11.8 Å². The van der Waals surface area contributed by atoms with Crippen LogP contribution in [0.2, 0.25) is 0 Å². The van der Waals surface area contributed by atoms with Crippen LogP contribution in [0.4, 0.5) is 5.69 Å². The summed E-state index contributed by atoms with van der Waals surface area (Å²) in [5.74, 6) is 0.927. The number of methoxy groups -OCH3 is 2. The van der Waals surface area contributed by atoms with Crippen LogP contribution in [0.5, 0.6) is 11.8 Å². The van der Waals surface area contributed by atoms with Gasteiger partial charge in [0, 0.05) is 11.3 Å². The van der Waals surface area contributed by atoms with Gasteiger partial charge in [-0.3, -0.25) is 0 Å². The first kappa shape index (κ1) is 14.1. The van der Waals surface area contributed by atoms with Crippen molar-refractivity contribution in [2.45, 2.75) is 13.2 Å². The van der Waals surface area contributed by atoms with E-state index in [4.69, 9.17) is 9.47 Å². The Bertz CT molecular complexity index is 553. The van der Waals surface area contributed by atoms with E-state index in [-0.39, 0.29) is 6.61 Å². The predicted molar refractivity (Wildman–Crippen MR) is 74.8 cm³/mol. The molecule has 1 aromatic carbocycles. The fourth-order valence-electron chi connectivity index (χ4n) is 1.90. The van der Waals surface area contributed by atoms with E-state index < -0.39 is 0 Å². The second kappa shape index (κ2) is 6.72. The summed E-state index contributed by atoms with van der Waals surface area (Å²) >= 11 is 0. The third kappa shape index (κ3) is 2.97. The van der Waals surface area contributed by atoms with Crippen molar-refractivity contribution >= 4 is 5.69 Å². The molecule has 0 atom stereocenters. The lowest BCUT2D eigenvalue weighted by Crippen LogP contribution is -2.08. The van der Waals surface area contributed by atoms with Gasteiger partial charge in [0.25, 0.3) is 0 Å². The lowest BCUT2D eigenvalue weighted by molar-refractivity contribution is 0.282. The lowest BCUT2D eigenvalue weighted by Gasteiger charge is -2.14. The van der Waals surface area contributed by atoms with Gasteiger partial charge in [0.15, 0.2) is 0 Å². The summed E-state index contributed by atoms with van der Waals surface area (Å²) in [5, 5.41) is 12.5. The number of aromatic nitrogens is 2. The summed E-state index contributed by atoms with van der Waals surface area (Å²) in [6.45, 7) is 0.410. The predicted octanol–water partition coefficient (Wildman–Crippen LogP) is 1.60. The summed E-state index contributed by atoms with van der Waals surface area (Å²) in [6.07, 6.45) is 1.39. The Kier molecular flexibility index (Phi) is 4.73. The highest BCUT2D eigenvalue weighted by molar-refractivity contribution is 5.52. The summed E-state index contributed by atoms with van der Waals surface area (Å²) in [5.41, 5.74) is 2.40. The van der Waals surface area contributed by atoms with Crippen molar-refractivity contribution in [3.63, 3.8) is 0 Å². The van der Waals surface area contributed by atoms with Crippen LogP contribution in [0.25, 0.3) is 0 Å². The summed E-state index contributed by atoms with van der Waals surface area (Å²) in [7, 11) is 3.10. The standard InChI is InChI=1S/C14H17N3O3/c1-19-13-11(14(20-2)17-9-16-13)7-15-12-6-4-3-5-10(12)8-18/h3-6,9,15,18H,7-8H2,1-2H3. The molecule has 0 aliphatic rings. The van der Waals surface area contributed by atoms with E-state index in [2.05, 4.69) is 15.3 Å². The number of aliphatic hydroxyl groups excluding tert-OH is 1. The molecule has 0 saturated carbocycles. The number of hydrogen-bond acceptors (Lipinski definition) is 6.